The molecule has 20 heavy (non-hydrogen) atoms. The van der Waals surface area contributed by atoms with Crippen LogP contribution in [0.15, 0.2) is 18.2 Å². The van der Waals surface area contributed by atoms with Gasteiger partial charge < -0.3 is 10.4 Å². The normalized spacial score (nSPS) is 11.4. The molecule has 0 bridgehead atoms. The van der Waals surface area contributed by atoms with Crippen LogP contribution < -0.4 is 5.32 Å². The Morgan fingerprint density at radius 1 is 1.35 bits per heavy atom. The van der Waals surface area contributed by atoms with Gasteiger partial charge in [-0.05, 0) is 30.0 Å². The van der Waals surface area contributed by atoms with E-state index in [-0.39, 0.29) is 11.0 Å². The summed E-state index contributed by atoms with van der Waals surface area (Å²) in [6.45, 7) is 7.14. The molecule has 0 atom stereocenters. The van der Waals surface area contributed by atoms with Crippen LogP contribution in [0.2, 0.25) is 0 Å². The van der Waals surface area contributed by atoms with Crippen LogP contribution in [0.1, 0.15) is 56.8 Å². The second-order valence-electron chi connectivity index (χ2n) is 5.97. The van der Waals surface area contributed by atoms with Crippen LogP contribution in [0.3, 0.4) is 0 Å². The Labute approximate surface area is 120 Å². The zero-order valence-electron chi connectivity index (χ0n) is 12.5. The van der Waals surface area contributed by atoms with Gasteiger partial charge in [0.15, 0.2) is 0 Å². The fourth-order valence-electron chi connectivity index (χ4n) is 2.12. The van der Waals surface area contributed by atoms with Gasteiger partial charge in [-0.3, -0.25) is 0 Å². The third kappa shape index (κ3) is 5.19. The van der Waals surface area contributed by atoms with Crippen LogP contribution in [-0.2, 0) is 0 Å². The molecular weight excluding hydrogens is 257 g/mol. The number of anilines is 1. The number of halogens is 1. The highest BCUT2D eigenvalue weighted by Crippen LogP contribution is 2.25. The Bertz CT molecular complexity index is 458. The Morgan fingerprint density at radius 3 is 2.65 bits per heavy atom. The number of unbranched alkanes of at least 4 members (excludes halogenated alkanes) is 2. The van der Waals surface area contributed by atoms with Gasteiger partial charge in [0.05, 0.1) is 5.56 Å². The van der Waals surface area contributed by atoms with E-state index in [1.807, 2.05) is 0 Å². The average Bonchev–Trinajstić information content (AvgIpc) is 2.37. The van der Waals surface area contributed by atoms with Crippen molar-refractivity contribution in [2.45, 2.75) is 46.5 Å². The second kappa shape index (κ2) is 7.27. The predicted molar refractivity (Wildman–Crippen MR) is 79.8 cm³/mol. The van der Waals surface area contributed by atoms with Crippen LogP contribution in [0.25, 0.3) is 0 Å². The zero-order valence-corrected chi connectivity index (χ0v) is 12.5. The Hall–Kier alpha value is -1.58. The van der Waals surface area contributed by atoms with Crippen molar-refractivity contribution in [3.8, 4) is 0 Å². The number of benzene rings is 1. The van der Waals surface area contributed by atoms with E-state index in [2.05, 4.69) is 26.1 Å². The lowest BCUT2D eigenvalue weighted by atomic mass is 9.86. The summed E-state index contributed by atoms with van der Waals surface area (Å²) in [7, 11) is 0. The smallest absolute Gasteiger partial charge is 0.337 e. The Balaban J connectivity index is 2.67. The van der Waals surface area contributed by atoms with E-state index in [1.54, 1.807) is 0 Å². The van der Waals surface area contributed by atoms with Gasteiger partial charge in [-0.2, -0.15) is 0 Å². The minimum Gasteiger partial charge on any atom is -0.478 e. The van der Waals surface area contributed by atoms with E-state index < -0.39 is 11.8 Å². The second-order valence-corrected chi connectivity index (χ2v) is 5.97. The first-order valence-electron chi connectivity index (χ1n) is 7.12. The summed E-state index contributed by atoms with van der Waals surface area (Å²) in [5.41, 5.74) is 0.538. The quantitative estimate of drug-likeness (QED) is 0.688. The summed E-state index contributed by atoms with van der Waals surface area (Å²) in [6.07, 6.45) is 4.64. The number of hydrogen-bond donors (Lipinski definition) is 2. The van der Waals surface area contributed by atoms with Crippen molar-refractivity contribution in [3.63, 3.8) is 0 Å². The molecule has 0 unspecified atom stereocenters. The van der Waals surface area contributed by atoms with E-state index in [0.29, 0.717) is 12.2 Å². The maximum absolute atomic E-state index is 13.1. The predicted octanol–water partition coefficient (Wildman–Crippen LogP) is 4.54. The molecule has 3 nitrogen and oxygen atoms in total. The summed E-state index contributed by atoms with van der Waals surface area (Å²) in [5.74, 6) is -1.65. The molecule has 0 radical (unpaired) electrons. The summed E-state index contributed by atoms with van der Waals surface area (Å²) < 4.78 is 13.1. The molecular formula is C16H24FNO2. The van der Waals surface area contributed by atoms with Crippen LogP contribution >= 0.6 is 0 Å². The molecule has 1 aromatic rings. The largest absolute Gasteiger partial charge is 0.478 e. The van der Waals surface area contributed by atoms with Crippen molar-refractivity contribution in [2.24, 2.45) is 5.41 Å². The van der Waals surface area contributed by atoms with Crippen LogP contribution in [0.5, 0.6) is 0 Å². The molecule has 0 aliphatic rings. The lowest BCUT2D eigenvalue weighted by Gasteiger charge is -2.26. The van der Waals surface area contributed by atoms with Crippen molar-refractivity contribution in [2.75, 3.05) is 11.9 Å². The minimum atomic E-state index is -1.12. The highest BCUT2D eigenvalue weighted by atomic mass is 19.1. The van der Waals surface area contributed by atoms with Crippen molar-refractivity contribution < 1.29 is 14.3 Å². The summed E-state index contributed by atoms with van der Waals surface area (Å²) in [4.78, 5) is 11.1. The zero-order chi connectivity index (χ0) is 15.2. The Morgan fingerprint density at radius 2 is 2.05 bits per heavy atom. The number of carboxylic acids is 1. The van der Waals surface area contributed by atoms with Gasteiger partial charge in [0.1, 0.15) is 5.82 Å². The molecule has 0 spiro atoms. The van der Waals surface area contributed by atoms with Gasteiger partial charge >= 0.3 is 5.97 Å². The molecule has 0 aliphatic carbocycles. The van der Waals surface area contributed by atoms with Gasteiger partial charge in [-0.15, -0.1) is 0 Å². The van der Waals surface area contributed by atoms with Crippen LogP contribution in [0.4, 0.5) is 10.1 Å². The maximum atomic E-state index is 13.1. The molecule has 0 amide bonds. The molecule has 0 heterocycles. The molecule has 0 saturated heterocycles. The molecule has 0 aliphatic heterocycles. The molecule has 2 N–H and O–H groups in total. The number of hydrogen-bond acceptors (Lipinski definition) is 2. The number of rotatable bonds is 8. The SMILES string of the molecule is CCCCCC(C)(C)CNc1ccc(F)cc1C(=O)O. The van der Waals surface area contributed by atoms with Crippen molar-refractivity contribution in [3.05, 3.63) is 29.6 Å². The van der Waals surface area contributed by atoms with Crippen LogP contribution in [0, 0.1) is 11.2 Å². The van der Waals surface area contributed by atoms with Crippen molar-refractivity contribution >= 4 is 11.7 Å². The number of aromatic carboxylic acids is 1. The first-order valence-corrected chi connectivity index (χ1v) is 7.12. The van der Waals surface area contributed by atoms with Gasteiger partial charge in [0.2, 0.25) is 0 Å². The molecule has 112 valence electrons. The van der Waals surface area contributed by atoms with E-state index >= 15 is 0 Å². The summed E-state index contributed by atoms with van der Waals surface area (Å²) >= 11 is 0. The van der Waals surface area contributed by atoms with Crippen LogP contribution in [-0.4, -0.2) is 17.6 Å². The molecule has 0 fully saturated rings. The molecule has 0 saturated carbocycles. The van der Waals surface area contributed by atoms with Gasteiger partial charge in [-0.1, -0.05) is 40.0 Å². The summed E-state index contributed by atoms with van der Waals surface area (Å²) in [5, 5.41) is 12.2. The van der Waals surface area contributed by atoms with Gasteiger partial charge in [-0.25, -0.2) is 9.18 Å². The summed E-state index contributed by atoms with van der Waals surface area (Å²) in [6, 6.07) is 3.81. The molecule has 0 aromatic heterocycles. The first kappa shape index (κ1) is 16.5. The standard InChI is InChI=1S/C16H24FNO2/c1-4-5-6-9-16(2,3)11-18-14-8-7-12(17)10-13(14)15(19)20/h7-8,10,18H,4-6,9,11H2,1-3H3,(H,19,20). The maximum Gasteiger partial charge on any atom is 0.337 e. The van der Waals surface area contributed by atoms with Crippen molar-refractivity contribution in [1.82, 2.24) is 0 Å². The minimum absolute atomic E-state index is 0.0191. The number of carboxylic acid groups (broad SMARTS) is 1. The monoisotopic (exact) mass is 281 g/mol. The van der Waals surface area contributed by atoms with E-state index in [4.69, 9.17) is 5.11 Å². The third-order valence-corrected chi connectivity index (χ3v) is 3.43. The highest BCUT2D eigenvalue weighted by Gasteiger charge is 2.19. The lowest BCUT2D eigenvalue weighted by molar-refractivity contribution is 0.0697. The lowest BCUT2D eigenvalue weighted by Crippen LogP contribution is -2.24. The van der Waals surface area contributed by atoms with Crippen molar-refractivity contribution in [1.29, 1.82) is 0 Å². The molecule has 1 rings (SSSR count). The third-order valence-electron chi connectivity index (χ3n) is 3.43. The van der Waals surface area contributed by atoms with E-state index in [0.717, 1.165) is 12.5 Å². The van der Waals surface area contributed by atoms with E-state index in [9.17, 15) is 9.18 Å². The van der Waals surface area contributed by atoms with Gasteiger partial charge in [0.25, 0.3) is 0 Å². The molecule has 4 heteroatoms. The Kier molecular flexibility index (Phi) is 5.99. The molecule has 1 aromatic carbocycles. The number of nitrogens with one attached hydrogen (secondary N) is 1. The first-order chi connectivity index (χ1) is 9.35. The fourth-order valence-corrected chi connectivity index (χ4v) is 2.12. The topological polar surface area (TPSA) is 49.3 Å². The van der Waals surface area contributed by atoms with Gasteiger partial charge in [0, 0.05) is 12.2 Å². The fraction of sp³-hybridized carbons (Fsp3) is 0.562. The number of carbonyl (C=O) groups is 1. The van der Waals surface area contributed by atoms with E-state index in [1.165, 1.54) is 31.4 Å². The average molecular weight is 281 g/mol. The highest BCUT2D eigenvalue weighted by molar-refractivity contribution is 5.94.